The van der Waals surface area contributed by atoms with Gasteiger partial charge in [-0.25, -0.2) is 15.4 Å². The maximum Gasteiger partial charge on any atom is 0.277 e. The van der Waals surface area contributed by atoms with E-state index < -0.39 is 5.91 Å². The molecule has 1 aliphatic heterocycles. The summed E-state index contributed by atoms with van der Waals surface area (Å²) in [6.07, 6.45) is 2.86. The molecule has 31 heavy (non-hydrogen) atoms. The van der Waals surface area contributed by atoms with Crippen molar-refractivity contribution in [3.8, 4) is 11.5 Å². The van der Waals surface area contributed by atoms with Crippen LogP contribution in [-0.4, -0.2) is 40.2 Å². The van der Waals surface area contributed by atoms with Gasteiger partial charge in [0.1, 0.15) is 11.5 Å². The summed E-state index contributed by atoms with van der Waals surface area (Å²) in [5.74, 6) is 2.85. The number of carbonyl (C=O) groups is 1. The van der Waals surface area contributed by atoms with Crippen LogP contribution in [0.4, 0.5) is 5.95 Å². The molecule has 3 aromatic rings. The molecule has 3 atom stereocenters. The van der Waals surface area contributed by atoms with Gasteiger partial charge in [0.15, 0.2) is 0 Å². The third kappa shape index (κ3) is 4.21. The van der Waals surface area contributed by atoms with E-state index in [0.717, 1.165) is 31.1 Å². The van der Waals surface area contributed by atoms with Crippen LogP contribution in [0.25, 0.3) is 0 Å². The first kappa shape index (κ1) is 19.5. The number of rotatable bonds is 7. The lowest BCUT2D eigenvalue weighted by Gasteiger charge is -2.20. The van der Waals surface area contributed by atoms with Gasteiger partial charge in [-0.1, -0.05) is 30.3 Å². The van der Waals surface area contributed by atoms with E-state index in [9.17, 15) is 4.79 Å². The lowest BCUT2D eigenvalue weighted by molar-refractivity contribution is 0.0705. The molecule has 0 spiro atoms. The van der Waals surface area contributed by atoms with E-state index in [1.807, 2.05) is 42.5 Å². The summed E-state index contributed by atoms with van der Waals surface area (Å²) in [5, 5.41) is 12.3. The monoisotopic (exact) mass is 417 g/mol. The average Bonchev–Trinajstić information content (AvgIpc) is 3.27. The molecule has 2 fully saturated rings. The van der Waals surface area contributed by atoms with E-state index in [4.69, 9.17) is 9.94 Å². The number of hydroxylamine groups is 1. The van der Waals surface area contributed by atoms with Crippen LogP contribution in [-0.2, 0) is 6.54 Å². The van der Waals surface area contributed by atoms with Crippen LogP contribution in [0, 0.1) is 11.8 Å². The first-order valence-electron chi connectivity index (χ1n) is 10.3. The van der Waals surface area contributed by atoms with Crippen molar-refractivity contribution in [2.24, 2.45) is 11.8 Å². The van der Waals surface area contributed by atoms with Gasteiger partial charge in [-0.3, -0.25) is 10.0 Å². The number of amides is 1. The molecular formula is C23H23N5O3. The molecule has 1 aromatic heterocycles. The fourth-order valence-corrected chi connectivity index (χ4v) is 4.19. The van der Waals surface area contributed by atoms with Crippen LogP contribution in [0.1, 0.15) is 15.9 Å². The summed E-state index contributed by atoms with van der Waals surface area (Å²) >= 11 is 0. The summed E-state index contributed by atoms with van der Waals surface area (Å²) in [5.41, 5.74) is 3.04. The molecule has 1 saturated heterocycles. The summed E-state index contributed by atoms with van der Waals surface area (Å²) in [7, 11) is 0. The van der Waals surface area contributed by atoms with Crippen molar-refractivity contribution in [1.29, 1.82) is 0 Å². The molecule has 1 aliphatic carbocycles. The third-order valence-electron chi connectivity index (χ3n) is 5.92. The number of hydrogen-bond acceptors (Lipinski definition) is 7. The second-order valence-corrected chi connectivity index (χ2v) is 7.91. The van der Waals surface area contributed by atoms with Gasteiger partial charge in [0.2, 0.25) is 5.95 Å². The standard InChI is InChI=1S/C23H23N5O3/c29-22(27-30)16-11-25-23(26-12-16)28-13-19-20(14-28)21(19)24-10-15-6-8-18(9-7-15)31-17-4-2-1-3-5-17/h1-9,11-12,19-21,24,30H,10,13-14H2,(H,27,29)/t19-,20+,21?. The molecule has 5 rings (SSSR count). The van der Waals surface area contributed by atoms with Crippen molar-refractivity contribution >= 4 is 11.9 Å². The number of fused-ring (bicyclic) bond motifs is 1. The topological polar surface area (TPSA) is 99.6 Å². The second-order valence-electron chi connectivity index (χ2n) is 7.91. The molecule has 2 aromatic carbocycles. The molecular weight excluding hydrogens is 394 g/mol. The second kappa shape index (κ2) is 8.33. The molecule has 1 unspecified atom stereocenters. The number of piperidine rings is 1. The summed E-state index contributed by atoms with van der Waals surface area (Å²) in [6.45, 7) is 2.63. The van der Waals surface area contributed by atoms with Crippen molar-refractivity contribution in [3.05, 3.63) is 78.1 Å². The number of anilines is 1. The zero-order valence-corrected chi connectivity index (χ0v) is 16.8. The van der Waals surface area contributed by atoms with E-state index in [-0.39, 0.29) is 5.56 Å². The SMILES string of the molecule is O=C(NO)c1cnc(N2C[C@@H]3C(NCc4ccc(Oc5ccccc5)cc4)[C@@H]3C2)nc1. The highest BCUT2D eigenvalue weighted by Crippen LogP contribution is 2.46. The van der Waals surface area contributed by atoms with Gasteiger partial charge in [-0.2, -0.15) is 0 Å². The number of ether oxygens (including phenoxy) is 1. The lowest BCUT2D eigenvalue weighted by atomic mass is 10.2. The van der Waals surface area contributed by atoms with Crippen molar-refractivity contribution in [1.82, 2.24) is 20.8 Å². The first-order chi connectivity index (χ1) is 15.2. The lowest BCUT2D eigenvalue weighted by Crippen LogP contribution is -2.32. The van der Waals surface area contributed by atoms with Gasteiger partial charge >= 0.3 is 0 Å². The minimum absolute atomic E-state index is 0.232. The van der Waals surface area contributed by atoms with Crippen LogP contribution in [0.2, 0.25) is 0 Å². The van der Waals surface area contributed by atoms with Crippen LogP contribution < -0.4 is 20.4 Å². The zero-order valence-electron chi connectivity index (χ0n) is 16.8. The number of para-hydroxylation sites is 1. The summed E-state index contributed by atoms with van der Waals surface area (Å²) in [6, 6.07) is 18.4. The molecule has 8 nitrogen and oxygen atoms in total. The van der Waals surface area contributed by atoms with Gasteiger partial charge in [0.05, 0.1) is 5.56 Å². The van der Waals surface area contributed by atoms with Crippen LogP contribution in [0.3, 0.4) is 0 Å². The third-order valence-corrected chi connectivity index (χ3v) is 5.92. The Bertz CT molecular complexity index is 1030. The van der Waals surface area contributed by atoms with Crippen LogP contribution in [0.5, 0.6) is 11.5 Å². The number of nitrogens with one attached hydrogen (secondary N) is 2. The maximum absolute atomic E-state index is 11.4. The Morgan fingerprint density at radius 3 is 2.29 bits per heavy atom. The van der Waals surface area contributed by atoms with Gasteiger partial charge in [0.25, 0.3) is 5.91 Å². The maximum atomic E-state index is 11.4. The van der Waals surface area contributed by atoms with Crippen LogP contribution in [0.15, 0.2) is 67.0 Å². The first-order valence-corrected chi connectivity index (χ1v) is 10.3. The van der Waals surface area contributed by atoms with E-state index in [2.05, 4.69) is 32.3 Å². The molecule has 2 aliphatic rings. The normalized spacial score (nSPS) is 21.5. The predicted molar refractivity (Wildman–Crippen MR) is 114 cm³/mol. The average molecular weight is 417 g/mol. The van der Waals surface area contributed by atoms with Crippen molar-refractivity contribution in [2.45, 2.75) is 12.6 Å². The molecule has 8 heteroatoms. The van der Waals surface area contributed by atoms with E-state index in [1.54, 1.807) is 5.48 Å². The summed E-state index contributed by atoms with van der Waals surface area (Å²) in [4.78, 5) is 22.0. The Morgan fingerprint density at radius 1 is 1.00 bits per heavy atom. The number of benzene rings is 2. The van der Waals surface area contributed by atoms with E-state index in [0.29, 0.717) is 23.8 Å². The van der Waals surface area contributed by atoms with Gasteiger partial charge in [-0.05, 0) is 41.7 Å². The number of aromatic nitrogens is 2. The largest absolute Gasteiger partial charge is 0.457 e. The zero-order chi connectivity index (χ0) is 21.2. The Labute approximate surface area is 179 Å². The highest BCUT2D eigenvalue weighted by atomic mass is 16.5. The Balaban J connectivity index is 1.09. The minimum atomic E-state index is -0.611. The van der Waals surface area contributed by atoms with Crippen LogP contribution >= 0.6 is 0 Å². The van der Waals surface area contributed by atoms with Gasteiger partial charge in [0, 0.05) is 38.1 Å². The minimum Gasteiger partial charge on any atom is -0.457 e. The predicted octanol–water partition coefficient (Wildman–Crippen LogP) is 2.61. The Kier molecular flexibility index (Phi) is 5.23. The van der Waals surface area contributed by atoms with Crippen molar-refractivity contribution in [2.75, 3.05) is 18.0 Å². The Morgan fingerprint density at radius 2 is 1.65 bits per heavy atom. The Hall–Kier alpha value is -3.49. The molecule has 1 amide bonds. The number of nitrogens with zero attached hydrogens (tertiary/aromatic N) is 3. The fourth-order valence-electron chi connectivity index (χ4n) is 4.19. The van der Waals surface area contributed by atoms with Crippen molar-refractivity contribution < 1.29 is 14.7 Å². The molecule has 2 heterocycles. The molecule has 0 radical (unpaired) electrons. The van der Waals surface area contributed by atoms with Crippen molar-refractivity contribution in [3.63, 3.8) is 0 Å². The van der Waals surface area contributed by atoms with Gasteiger partial charge in [-0.15, -0.1) is 0 Å². The smallest absolute Gasteiger partial charge is 0.277 e. The number of hydrogen-bond donors (Lipinski definition) is 3. The van der Waals surface area contributed by atoms with Gasteiger partial charge < -0.3 is 15.0 Å². The molecule has 1 saturated carbocycles. The highest BCUT2D eigenvalue weighted by Gasteiger charge is 2.55. The molecule has 3 N–H and O–H groups in total. The quantitative estimate of drug-likeness (QED) is 0.401. The van der Waals surface area contributed by atoms with E-state index >= 15 is 0 Å². The fraction of sp³-hybridized carbons (Fsp3) is 0.261. The molecule has 0 bridgehead atoms. The highest BCUT2D eigenvalue weighted by molar-refractivity contribution is 5.92. The molecule has 158 valence electrons. The summed E-state index contributed by atoms with van der Waals surface area (Å²) < 4.78 is 5.84. The van der Waals surface area contributed by atoms with E-state index in [1.165, 1.54) is 18.0 Å². The number of carbonyl (C=O) groups excluding carboxylic acids is 1.